The number of anilines is 2. The van der Waals surface area contributed by atoms with Gasteiger partial charge in [0.05, 0.1) is 19.7 Å². The second-order valence-electron chi connectivity index (χ2n) is 21.5. The van der Waals surface area contributed by atoms with Crippen LogP contribution in [0.1, 0.15) is 98.5 Å². The van der Waals surface area contributed by atoms with Crippen LogP contribution in [0.5, 0.6) is 5.75 Å². The number of oxime groups is 1. The first-order valence-corrected chi connectivity index (χ1v) is 26.3. The maximum atomic E-state index is 14.4. The van der Waals surface area contributed by atoms with Gasteiger partial charge >= 0.3 is 24.1 Å². The number of ether oxygens (including phenoxy) is 5. The number of carbonyl (C=O) groups is 6. The van der Waals surface area contributed by atoms with E-state index in [9.17, 15) is 28.8 Å². The molecule has 22 nitrogen and oxygen atoms in total. The van der Waals surface area contributed by atoms with Gasteiger partial charge in [-0.05, 0) is 99.4 Å². The molecule has 4 N–H and O–H groups in total. The van der Waals surface area contributed by atoms with E-state index in [0.717, 1.165) is 22.7 Å². The number of amides is 4. The molecular weight excluding hydrogens is 1150 g/mol. The van der Waals surface area contributed by atoms with E-state index in [1.165, 1.54) is 35.9 Å². The second-order valence-corrected chi connectivity index (χ2v) is 23.4. The van der Waals surface area contributed by atoms with Crippen molar-refractivity contribution in [1.82, 2.24) is 25.2 Å². The number of amidine groups is 1. The summed E-state index contributed by atoms with van der Waals surface area (Å²) in [6.07, 6.45) is 0.429. The minimum atomic E-state index is -1.68. The van der Waals surface area contributed by atoms with Crippen molar-refractivity contribution in [3.05, 3.63) is 99.8 Å². The summed E-state index contributed by atoms with van der Waals surface area (Å²) >= 11 is 2.33. The maximum Gasteiger partial charge on any atom is 0.413 e. The third kappa shape index (κ3) is 15.3. The number of alkyl carbamates (subject to hydrolysis) is 1. The lowest BCUT2D eigenvalue weighted by Gasteiger charge is -2.49. The molecule has 0 unspecified atom stereocenters. The number of halogens is 1. The molecule has 3 aliphatic rings. The van der Waals surface area contributed by atoms with Gasteiger partial charge in [-0.25, -0.2) is 24.2 Å². The van der Waals surface area contributed by atoms with Gasteiger partial charge in [0.1, 0.15) is 57.8 Å². The van der Waals surface area contributed by atoms with Crippen LogP contribution in [-0.2, 0) is 69.2 Å². The number of carbonyl (C=O) groups excluding carboxylic acids is 6. The van der Waals surface area contributed by atoms with Crippen molar-refractivity contribution < 1.29 is 85.9 Å². The van der Waals surface area contributed by atoms with Crippen LogP contribution in [0, 0.1) is 5.41 Å². The van der Waals surface area contributed by atoms with Gasteiger partial charge in [0, 0.05) is 35.4 Å². The summed E-state index contributed by atoms with van der Waals surface area (Å²) in [4.78, 5) is 94.7. The Morgan fingerprint density at radius 2 is 1.48 bits per heavy atom. The van der Waals surface area contributed by atoms with E-state index in [2.05, 4.69) is 35.7 Å². The Hall–Kier alpha value is -6.74. The molecule has 0 spiro atoms. The smallest absolute Gasteiger partial charge is 0.413 e. The van der Waals surface area contributed by atoms with Gasteiger partial charge in [-0.3, -0.25) is 30.5 Å². The predicted molar refractivity (Wildman–Crippen MR) is 283 cm³/mol. The summed E-state index contributed by atoms with van der Waals surface area (Å²) in [6, 6.07) is 15.2. The number of thiazole rings is 1. The van der Waals surface area contributed by atoms with E-state index in [1.54, 1.807) is 106 Å². The fourth-order valence-corrected chi connectivity index (χ4v) is 9.85. The number of methoxy groups -OCH3 is 1. The monoisotopic (exact) mass is 1210 g/mol. The molecule has 0 saturated carbocycles. The number of hydrogen-bond acceptors (Lipinski definition) is 18. The average Bonchev–Trinajstić information content (AvgIpc) is 4.08. The Labute approximate surface area is 472 Å². The first-order chi connectivity index (χ1) is 35.6. The van der Waals surface area contributed by atoms with E-state index < -0.39 is 75.5 Å². The standard InChI is InChI=1S/C52H64N10O12S2.HI/c1-49(2,3)71-45(66)52(10,11)74-58-37(35-29-76-46(54-35)57-48(68)73-51(7,8)9)41(63)55-38-42(64)62-39(44(65)70-27-31-15-19-34(69-12)20-16-31)33(28-75-43(38)62)26-60-22-21-36-59(23-24-61(36)60)25-30-13-17-32(18-14-30)40(53)56-47(67)72-50(4,5)6;/h13-22,29,38,43H,23-28H2,1-12H3,(H3-,53,54,55,56,57,63,67,68);1H/b58-37-;/t38-,43-;/m1./s1. The van der Waals surface area contributed by atoms with E-state index in [1.807, 2.05) is 29.1 Å². The summed E-state index contributed by atoms with van der Waals surface area (Å²) in [7, 11) is 1.55. The lowest BCUT2D eigenvalue weighted by Crippen LogP contribution is -3.00. The number of aromatic nitrogens is 3. The van der Waals surface area contributed by atoms with E-state index in [-0.39, 0.29) is 65.2 Å². The molecule has 2 atom stereocenters. The molecule has 4 amide bonds. The van der Waals surface area contributed by atoms with Gasteiger partial charge in [0.2, 0.25) is 5.60 Å². The van der Waals surface area contributed by atoms with Crippen LogP contribution in [0.4, 0.5) is 20.5 Å². The molecule has 3 aliphatic heterocycles. The molecular formula is C52H65IN10O12S2. The van der Waals surface area contributed by atoms with Crippen molar-refractivity contribution in [2.24, 2.45) is 5.16 Å². The van der Waals surface area contributed by atoms with Crippen LogP contribution in [0.25, 0.3) is 0 Å². The van der Waals surface area contributed by atoms with Gasteiger partial charge in [0.25, 0.3) is 11.8 Å². The number of β-lactam (4-membered cyclic amide) rings is 1. The van der Waals surface area contributed by atoms with E-state index in [4.69, 9.17) is 33.9 Å². The normalized spacial score (nSPS) is 16.5. The number of hydrogen-bond donors (Lipinski definition) is 4. The van der Waals surface area contributed by atoms with Gasteiger partial charge in [-0.15, -0.1) is 32.5 Å². The molecule has 4 aromatic rings. The Morgan fingerprint density at radius 1 is 0.844 bits per heavy atom. The topological polar surface area (TPSA) is 258 Å². The highest BCUT2D eigenvalue weighted by atomic mass is 127. The van der Waals surface area contributed by atoms with Gasteiger partial charge < -0.3 is 62.7 Å². The Morgan fingerprint density at radius 3 is 2.12 bits per heavy atom. The zero-order valence-electron chi connectivity index (χ0n) is 45.0. The minimum Gasteiger partial charge on any atom is -1.00 e. The number of fused-ring (bicyclic) bond motifs is 2. The summed E-state index contributed by atoms with van der Waals surface area (Å²) in [5.74, 6) is -1.19. The van der Waals surface area contributed by atoms with Crippen LogP contribution in [0.15, 0.2) is 82.6 Å². The number of nitrogens with one attached hydrogen (secondary N) is 4. The zero-order valence-corrected chi connectivity index (χ0v) is 48.8. The molecule has 0 bridgehead atoms. The Kier molecular flexibility index (Phi) is 18.5. The van der Waals surface area contributed by atoms with Gasteiger partial charge in [0.15, 0.2) is 29.4 Å². The second kappa shape index (κ2) is 23.9. The molecule has 414 valence electrons. The number of thioether (sulfide) groups is 1. The lowest BCUT2D eigenvalue weighted by atomic mass is 10.0. The first-order valence-electron chi connectivity index (χ1n) is 24.3. The SMILES string of the molecule is COc1ccc(COC(=O)C2=C(C[n+]3ccc4n3CCN4Cc3ccc(C(=N)NC(=O)OC(C)(C)C)cc3)CS[C@@H]3[C@H](NC(=O)/C(=N\OC(C)(C)C(=O)OC(C)(C)C)c4csc(NC(=O)OC(C)(C)C)n4)C(=O)N23)cc1.[I-]. The highest BCUT2D eigenvalue weighted by Gasteiger charge is 2.55. The molecule has 1 saturated heterocycles. The minimum absolute atomic E-state index is 0. The van der Waals surface area contributed by atoms with Crippen molar-refractivity contribution in [1.29, 1.82) is 5.41 Å². The third-order valence-electron chi connectivity index (χ3n) is 11.4. The molecule has 77 heavy (non-hydrogen) atoms. The Bertz CT molecular complexity index is 2950. The molecule has 7 rings (SSSR count). The summed E-state index contributed by atoms with van der Waals surface area (Å²) in [5, 5.41) is 21.0. The van der Waals surface area contributed by atoms with Crippen molar-refractivity contribution >= 4 is 81.5 Å². The number of rotatable bonds is 16. The highest BCUT2D eigenvalue weighted by Crippen LogP contribution is 2.41. The van der Waals surface area contributed by atoms with Gasteiger partial charge in [-0.1, -0.05) is 41.6 Å². The predicted octanol–water partition coefficient (Wildman–Crippen LogP) is 3.40. The summed E-state index contributed by atoms with van der Waals surface area (Å²) in [6.45, 7) is 20.3. The van der Waals surface area contributed by atoms with Crippen molar-refractivity contribution in [2.45, 2.75) is 136 Å². The lowest BCUT2D eigenvalue weighted by molar-refractivity contribution is -0.766. The fourth-order valence-electron chi connectivity index (χ4n) is 7.84. The highest BCUT2D eigenvalue weighted by molar-refractivity contribution is 8.00. The van der Waals surface area contributed by atoms with Crippen molar-refractivity contribution in [3.63, 3.8) is 0 Å². The van der Waals surface area contributed by atoms with Crippen LogP contribution in [0.3, 0.4) is 0 Å². The summed E-state index contributed by atoms with van der Waals surface area (Å²) in [5.41, 5.74) is -1.63. The zero-order chi connectivity index (χ0) is 55.5. The number of esters is 2. The average molecular weight is 1210 g/mol. The number of nitrogens with zero attached hydrogens (tertiary/aromatic N) is 6. The van der Waals surface area contributed by atoms with Crippen LogP contribution >= 0.6 is 23.1 Å². The molecule has 0 aliphatic carbocycles. The van der Waals surface area contributed by atoms with Gasteiger partial charge in [-0.2, -0.15) is 0 Å². The Balaban J connectivity index is 0.00000961. The van der Waals surface area contributed by atoms with Crippen LogP contribution in [-0.4, -0.2) is 115 Å². The fraction of sp³-hybridized carbons (Fsp3) is 0.462. The number of benzene rings is 2. The van der Waals surface area contributed by atoms with Crippen molar-refractivity contribution in [2.75, 3.05) is 29.6 Å². The van der Waals surface area contributed by atoms with Crippen molar-refractivity contribution in [3.8, 4) is 5.75 Å². The molecule has 25 heteroatoms. The maximum absolute atomic E-state index is 14.4. The molecule has 1 fully saturated rings. The molecule has 2 aromatic carbocycles. The third-order valence-corrected chi connectivity index (χ3v) is 13.4. The van der Waals surface area contributed by atoms with Crippen LogP contribution in [0.2, 0.25) is 0 Å². The molecule has 2 aromatic heterocycles. The molecule has 5 heterocycles. The quantitative estimate of drug-likeness (QED) is 0.0183. The van der Waals surface area contributed by atoms with E-state index in [0.29, 0.717) is 42.1 Å². The van der Waals surface area contributed by atoms with Crippen LogP contribution < -0.4 is 54.2 Å². The van der Waals surface area contributed by atoms with E-state index >= 15 is 0 Å². The first kappa shape index (κ1) is 59.5. The largest absolute Gasteiger partial charge is 1.00 e. The summed E-state index contributed by atoms with van der Waals surface area (Å²) < 4.78 is 31.4. The molecule has 0 radical (unpaired) electrons.